The summed E-state index contributed by atoms with van der Waals surface area (Å²) in [6, 6.07) is 8.22. The third-order valence-electron chi connectivity index (χ3n) is 3.89. The minimum Gasteiger partial charge on any atom is -0.367 e. The van der Waals surface area contributed by atoms with Gasteiger partial charge in [-0.15, -0.1) is 0 Å². The molecule has 2 N–H and O–H groups in total. The second-order valence-corrected chi connectivity index (χ2v) is 6.05. The number of anilines is 2. The van der Waals surface area contributed by atoms with Crippen molar-refractivity contribution in [2.45, 2.75) is 39.7 Å². The largest absolute Gasteiger partial charge is 0.367 e. The van der Waals surface area contributed by atoms with Crippen molar-refractivity contribution in [1.29, 1.82) is 0 Å². The van der Waals surface area contributed by atoms with Crippen LogP contribution in [0.4, 0.5) is 11.5 Å². The molecule has 0 radical (unpaired) electrons. The maximum absolute atomic E-state index is 12.6. The van der Waals surface area contributed by atoms with E-state index < -0.39 is 0 Å². The number of benzene rings is 1. The van der Waals surface area contributed by atoms with Crippen molar-refractivity contribution in [2.75, 3.05) is 10.6 Å². The minimum absolute atomic E-state index is 0.119. The summed E-state index contributed by atoms with van der Waals surface area (Å²) in [5.41, 5.74) is 4.83. The van der Waals surface area contributed by atoms with Crippen LogP contribution in [0.2, 0.25) is 0 Å². The number of aryl methyl sites for hydroxylation is 3. The number of hydrogen-bond acceptors (Lipinski definition) is 3. The van der Waals surface area contributed by atoms with E-state index in [0.717, 1.165) is 29.7 Å². The molecule has 4 heteroatoms. The van der Waals surface area contributed by atoms with E-state index in [9.17, 15) is 4.79 Å². The highest BCUT2D eigenvalue weighted by atomic mass is 16.1. The van der Waals surface area contributed by atoms with Crippen LogP contribution in [0, 0.1) is 20.8 Å². The average molecular weight is 295 g/mol. The highest BCUT2D eigenvalue weighted by Crippen LogP contribution is 2.27. The highest BCUT2D eigenvalue weighted by molar-refractivity contribution is 6.08. The summed E-state index contributed by atoms with van der Waals surface area (Å²) in [6.07, 6.45) is 4.01. The normalized spacial score (nSPS) is 13.8. The molecule has 1 fully saturated rings. The van der Waals surface area contributed by atoms with Crippen molar-refractivity contribution in [3.8, 4) is 0 Å². The van der Waals surface area contributed by atoms with E-state index in [1.807, 2.05) is 19.9 Å². The van der Waals surface area contributed by atoms with Crippen LogP contribution in [-0.4, -0.2) is 16.9 Å². The van der Waals surface area contributed by atoms with Gasteiger partial charge in [0.1, 0.15) is 5.82 Å². The summed E-state index contributed by atoms with van der Waals surface area (Å²) in [7, 11) is 0. The molecule has 1 heterocycles. The van der Waals surface area contributed by atoms with Crippen molar-refractivity contribution in [3.63, 3.8) is 0 Å². The Hall–Kier alpha value is -2.36. The van der Waals surface area contributed by atoms with Gasteiger partial charge in [0.2, 0.25) is 0 Å². The number of carbonyl (C=O) groups excluding carboxylic acids is 1. The number of amides is 1. The van der Waals surface area contributed by atoms with E-state index in [1.165, 1.54) is 5.56 Å². The molecule has 0 saturated heterocycles. The van der Waals surface area contributed by atoms with Gasteiger partial charge in [-0.1, -0.05) is 17.7 Å². The smallest absolute Gasteiger partial charge is 0.259 e. The first-order valence-electron chi connectivity index (χ1n) is 7.65. The Bertz CT molecular complexity index is 697. The molecule has 114 valence electrons. The summed E-state index contributed by atoms with van der Waals surface area (Å²) >= 11 is 0. The van der Waals surface area contributed by atoms with Gasteiger partial charge < -0.3 is 10.6 Å². The number of rotatable bonds is 4. The van der Waals surface area contributed by atoms with Gasteiger partial charge in [-0.3, -0.25) is 4.79 Å². The summed E-state index contributed by atoms with van der Waals surface area (Å²) in [4.78, 5) is 16.9. The van der Waals surface area contributed by atoms with Crippen LogP contribution in [0.3, 0.4) is 0 Å². The minimum atomic E-state index is -0.119. The fraction of sp³-hybridized carbons (Fsp3) is 0.333. The molecule has 0 bridgehead atoms. The van der Waals surface area contributed by atoms with Crippen molar-refractivity contribution < 1.29 is 4.79 Å². The lowest BCUT2D eigenvalue weighted by Crippen LogP contribution is -2.17. The Morgan fingerprint density at radius 3 is 2.50 bits per heavy atom. The molecule has 22 heavy (non-hydrogen) atoms. The predicted octanol–water partition coefficient (Wildman–Crippen LogP) is 3.83. The first kappa shape index (κ1) is 14.6. The Balaban J connectivity index is 1.86. The number of carbonyl (C=O) groups is 1. The molecule has 3 rings (SSSR count). The molecule has 1 aliphatic carbocycles. The van der Waals surface area contributed by atoms with Gasteiger partial charge in [0, 0.05) is 17.9 Å². The fourth-order valence-electron chi connectivity index (χ4n) is 2.68. The van der Waals surface area contributed by atoms with Crippen LogP contribution >= 0.6 is 0 Å². The summed E-state index contributed by atoms with van der Waals surface area (Å²) < 4.78 is 0. The Labute approximate surface area is 131 Å². The Kier molecular flexibility index (Phi) is 3.84. The average Bonchev–Trinajstić information content (AvgIpc) is 3.27. The molecule has 1 aliphatic rings. The van der Waals surface area contributed by atoms with Gasteiger partial charge >= 0.3 is 0 Å². The zero-order valence-corrected chi connectivity index (χ0v) is 13.2. The van der Waals surface area contributed by atoms with E-state index in [-0.39, 0.29) is 5.91 Å². The van der Waals surface area contributed by atoms with Gasteiger partial charge in [-0.05, 0) is 56.9 Å². The number of hydrogen-bond donors (Lipinski definition) is 2. The van der Waals surface area contributed by atoms with Crippen molar-refractivity contribution >= 4 is 17.4 Å². The lowest BCUT2D eigenvalue weighted by molar-refractivity contribution is 0.102. The molecule has 4 nitrogen and oxygen atoms in total. The molecular weight excluding hydrogens is 274 g/mol. The maximum atomic E-state index is 12.6. The van der Waals surface area contributed by atoms with Crippen molar-refractivity contribution in [3.05, 3.63) is 52.7 Å². The van der Waals surface area contributed by atoms with Gasteiger partial charge in [-0.25, -0.2) is 4.98 Å². The van der Waals surface area contributed by atoms with Crippen LogP contribution < -0.4 is 10.6 Å². The van der Waals surface area contributed by atoms with Gasteiger partial charge in [0.25, 0.3) is 5.91 Å². The maximum Gasteiger partial charge on any atom is 0.259 e. The molecule has 0 unspecified atom stereocenters. The highest BCUT2D eigenvalue weighted by Gasteiger charge is 2.24. The standard InChI is InChI=1S/C18H21N3O/c1-11-9-12(2)16(13(3)10-11)21-18(22)15-5-4-8-19-17(15)20-14-6-7-14/h4-5,8-10,14H,6-7H2,1-3H3,(H,19,20)(H,21,22). The Morgan fingerprint density at radius 1 is 1.18 bits per heavy atom. The molecule has 2 aromatic rings. The summed E-state index contributed by atoms with van der Waals surface area (Å²) in [6.45, 7) is 6.09. The number of pyridine rings is 1. The monoisotopic (exact) mass is 295 g/mol. The molecule has 0 spiro atoms. The van der Waals surface area contributed by atoms with Crippen molar-refractivity contribution in [1.82, 2.24) is 4.98 Å². The lowest BCUT2D eigenvalue weighted by atomic mass is 10.0. The second-order valence-electron chi connectivity index (χ2n) is 6.05. The lowest BCUT2D eigenvalue weighted by Gasteiger charge is -2.14. The van der Waals surface area contributed by atoms with Crippen molar-refractivity contribution in [2.24, 2.45) is 0 Å². The van der Waals surface area contributed by atoms with Crippen LogP contribution in [-0.2, 0) is 0 Å². The number of nitrogens with one attached hydrogen (secondary N) is 2. The van der Waals surface area contributed by atoms with Crippen LogP contribution in [0.1, 0.15) is 39.9 Å². The number of nitrogens with zero attached hydrogens (tertiary/aromatic N) is 1. The first-order chi connectivity index (χ1) is 10.5. The molecule has 0 atom stereocenters. The van der Waals surface area contributed by atoms with Crippen LogP contribution in [0.15, 0.2) is 30.5 Å². The van der Waals surface area contributed by atoms with E-state index in [2.05, 4.69) is 34.7 Å². The zero-order chi connectivity index (χ0) is 15.7. The SMILES string of the molecule is Cc1cc(C)c(NC(=O)c2cccnc2NC2CC2)c(C)c1. The molecule has 1 amide bonds. The van der Waals surface area contributed by atoms with Crippen LogP contribution in [0.25, 0.3) is 0 Å². The summed E-state index contributed by atoms with van der Waals surface area (Å²) in [5.74, 6) is 0.552. The molecule has 1 aromatic heterocycles. The molecule has 1 saturated carbocycles. The van der Waals surface area contributed by atoms with Gasteiger partial charge in [0.15, 0.2) is 0 Å². The van der Waals surface area contributed by atoms with E-state index in [0.29, 0.717) is 17.4 Å². The topological polar surface area (TPSA) is 54.0 Å². The zero-order valence-electron chi connectivity index (χ0n) is 13.2. The van der Waals surface area contributed by atoms with E-state index >= 15 is 0 Å². The third kappa shape index (κ3) is 3.11. The third-order valence-corrected chi connectivity index (χ3v) is 3.89. The fourth-order valence-corrected chi connectivity index (χ4v) is 2.68. The van der Waals surface area contributed by atoms with Gasteiger partial charge in [-0.2, -0.15) is 0 Å². The molecule has 1 aromatic carbocycles. The van der Waals surface area contributed by atoms with Gasteiger partial charge in [0.05, 0.1) is 5.56 Å². The summed E-state index contributed by atoms with van der Waals surface area (Å²) in [5, 5.41) is 6.35. The Morgan fingerprint density at radius 2 is 1.86 bits per heavy atom. The second kappa shape index (κ2) is 5.79. The number of aromatic nitrogens is 1. The first-order valence-corrected chi connectivity index (χ1v) is 7.65. The molecular formula is C18H21N3O. The predicted molar refractivity (Wildman–Crippen MR) is 89.5 cm³/mol. The quantitative estimate of drug-likeness (QED) is 0.901. The van der Waals surface area contributed by atoms with E-state index in [4.69, 9.17) is 0 Å². The van der Waals surface area contributed by atoms with Crippen LogP contribution in [0.5, 0.6) is 0 Å². The van der Waals surface area contributed by atoms with E-state index in [1.54, 1.807) is 12.3 Å². The molecule has 0 aliphatic heterocycles.